The highest BCUT2D eigenvalue weighted by atomic mass is 16.6. The molecule has 2 N–H and O–H groups in total. The van der Waals surface area contributed by atoms with Crippen molar-refractivity contribution in [2.45, 2.75) is 129 Å². The quantitative estimate of drug-likeness (QED) is 0.115. The molecule has 346 valence electrons. The Balaban J connectivity index is 1.42. The molecular formula is C51H59NO13. The highest BCUT2D eigenvalue weighted by molar-refractivity contribution is 5.96. The van der Waals surface area contributed by atoms with E-state index in [9.17, 15) is 24.3 Å². The predicted molar refractivity (Wildman–Crippen MR) is 235 cm³/mol. The van der Waals surface area contributed by atoms with Crippen LogP contribution in [0, 0.1) is 22.7 Å². The molecule has 2 saturated carbocycles. The van der Waals surface area contributed by atoms with Crippen LogP contribution in [-0.4, -0.2) is 95.1 Å². The first kappa shape index (κ1) is 47.3. The number of amides is 1. The first-order chi connectivity index (χ1) is 30.7. The summed E-state index contributed by atoms with van der Waals surface area (Å²) in [5, 5.41) is 16.9. The Morgan fingerprint density at radius 1 is 0.815 bits per heavy atom. The number of nitrogens with one attached hydrogen (secondary N) is 1. The molecule has 11 atom stereocenters. The normalized spacial score (nSPS) is 31.0. The van der Waals surface area contributed by atoms with Crippen molar-refractivity contribution < 1.29 is 62.3 Å². The van der Waals surface area contributed by atoms with Crippen LogP contribution in [-0.2, 0) is 47.6 Å². The molecule has 1 heterocycles. The maximum absolute atomic E-state index is 15.8. The van der Waals surface area contributed by atoms with Crippen LogP contribution in [0.3, 0.4) is 0 Å². The number of rotatable bonds is 12. The Morgan fingerprint density at radius 2 is 1.40 bits per heavy atom. The van der Waals surface area contributed by atoms with E-state index >= 15 is 9.59 Å². The molecule has 4 aliphatic rings. The van der Waals surface area contributed by atoms with Crippen molar-refractivity contribution >= 4 is 35.6 Å². The van der Waals surface area contributed by atoms with Crippen molar-refractivity contribution in [3.8, 4) is 0 Å². The minimum atomic E-state index is -2.25. The largest absolute Gasteiger partial charge is 0.456 e. The van der Waals surface area contributed by atoms with Crippen LogP contribution in [0.4, 0.5) is 0 Å². The second-order valence-corrected chi connectivity index (χ2v) is 18.9. The zero-order valence-corrected chi connectivity index (χ0v) is 38.3. The molecule has 14 heteroatoms. The topological polar surface area (TPSA) is 190 Å². The van der Waals surface area contributed by atoms with Gasteiger partial charge in [-0.05, 0) is 74.1 Å². The Labute approximate surface area is 379 Å². The fraction of sp³-hybridized carbons (Fsp3) is 0.490. The molecule has 3 aromatic rings. The van der Waals surface area contributed by atoms with Crippen LogP contribution < -0.4 is 5.32 Å². The van der Waals surface area contributed by atoms with Crippen molar-refractivity contribution in [3.63, 3.8) is 0 Å². The van der Waals surface area contributed by atoms with Crippen molar-refractivity contribution in [3.05, 3.63) is 119 Å². The number of hydrogen-bond donors (Lipinski definition) is 2. The molecule has 3 aromatic carbocycles. The van der Waals surface area contributed by atoms with Crippen LogP contribution in [0.15, 0.2) is 102 Å². The van der Waals surface area contributed by atoms with Crippen LogP contribution in [0.1, 0.15) is 107 Å². The van der Waals surface area contributed by atoms with Gasteiger partial charge in [-0.3, -0.25) is 19.2 Å². The number of ether oxygens (including phenoxy) is 6. The third-order valence-electron chi connectivity index (χ3n) is 14.3. The molecule has 7 rings (SSSR count). The molecule has 0 unspecified atom stereocenters. The number of carbonyl (C=O) groups is 6. The van der Waals surface area contributed by atoms with Crippen molar-refractivity contribution in [2.24, 2.45) is 22.7 Å². The van der Waals surface area contributed by atoms with Gasteiger partial charge in [0.1, 0.15) is 23.9 Å². The summed E-state index contributed by atoms with van der Waals surface area (Å²) in [6.07, 6.45) is -7.56. The van der Waals surface area contributed by atoms with Gasteiger partial charge >= 0.3 is 23.9 Å². The van der Waals surface area contributed by atoms with Gasteiger partial charge in [0.05, 0.1) is 30.2 Å². The fourth-order valence-corrected chi connectivity index (χ4v) is 10.9. The third kappa shape index (κ3) is 8.29. The molecule has 65 heavy (non-hydrogen) atoms. The van der Waals surface area contributed by atoms with Crippen molar-refractivity contribution in [1.82, 2.24) is 5.32 Å². The first-order valence-electron chi connectivity index (χ1n) is 22.2. The maximum atomic E-state index is 15.8. The van der Waals surface area contributed by atoms with Gasteiger partial charge in [-0.15, -0.1) is 0 Å². The third-order valence-corrected chi connectivity index (χ3v) is 14.3. The molecule has 3 aliphatic carbocycles. The Hall–Kier alpha value is -5.70. The molecular weight excluding hydrogens is 835 g/mol. The maximum Gasteiger partial charge on any atom is 0.338 e. The molecule has 1 aliphatic heterocycles. The summed E-state index contributed by atoms with van der Waals surface area (Å²) in [6, 6.07) is 24.4. The number of aliphatic hydroxyl groups is 1. The Kier molecular flexibility index (Phi) is 13.0. The minimum absolute atomic E-state index is 0.150. The lowest BCUT2D eigenvalue weighted by atomic mass is 9.43. The van der Waals surface area contributed by atoms with Crippen LogP contribution >= 0.6 is 0 Å². The number of ketones is 1. The van der Waals surface area contributed by atoms with Gasteiger partial charge in [0.25, 0.3) is 5.91 Å². The molecule has 3 fully saturated rings. The van der Waals surface area contributed by atoms with E-state index in [4.69, 9.17) is 28.4 Å². The number of hydrogen-bond acceptors (Lipinski definition) is 13. The number of esters is 4. The number of carbonyl (C=O) groups excluding carboxylic acids is 6. The van der Waals surface area contributed by atoms with E-state index in [0.717, 1.165) is 0 Å². The van der Waals surface area contributed by atoms with Crippen molar-refractivity contribution in [1.29, 1.82) is 0 Å². The fourth-order valence-electron chi connectivity index (χ4n) is 10.9. The number of Topliss-reactive ketones (excluding diaryl/α,β-unsaturated/α-hetero) is 1. The predicted octanol–water partition coefficient (Wildman–Crippen LogP) is 6.44. The monoisotopic (exact) mass is 893 g/mol. The van der Waals surface area contributed by atoms with E-state index in [1.54, 1.807) is 133 Å². The van der Waals surface area contributed by atoms with Gasteiger partial charge in [0.15, 0.2) is 23.6 Å². The summed E-state index contributed by atoms with van der Waals surface area (Å²) in [7, 11) is 0. The standard InChI is InChI=1S/C51H59NO13/c1-28(2)61-41(39(33-19-13-10-14-20-33)52-45(56)34-21-15-11-16-22-34)47(58)63-36-26-51(59)44(64-46(57)35-23-17-12-18-24-35)42-49(9,29(3)25-37-50(42,27-60-37)65-32(6)54)43(55)40(62-31(5)53)38(30(36)4)48(51,7)8/h10-24,28-29,36-37,39-42,44,59H,25-27H2,1-9H3,(H,52,56)/t29-,36-,37+,39-,40+,41+,42-,44-,49+,50-,51+/m0/s1. The second-order valence-electron chi connectivity index (χ2n) is 18.9. The summed E-state index contributed by atoms with van der Waals surface area (Å²) in [4.78, 5) is 85.3. The zero-order chi connectivity index (χ0) is 47.2. The van der Waals surface area contributed by atoms with E-state index in [2.05, 4.69) is 5.32 Å². The highest BCUT2D eigenvalue weighted by Gasteiger charge is 2.77. The minimum Gasteiger partial charge on any atom is -0.456 e. The lowest BCUT2D eigenvalue weighted by Gasteiger charge is -2.68. The van der Waals surface area contributed by atoms with E-state index in [1.165, 1.54) is 13.8 Å². The lowest BCUT2D eigenvalue weighted by Crippen LogP contribution is -2.80. The molecule has 1 amide bonds. The molecule has 0 aromatic heterocycles. The van der Waals surface area contributed by atoms with Crippen LogP contribution in [0.5, 0.6) is 0 Å². The SMILES string of the molecule is CC(=O)O[C@H]1C(=O)[C@@]2(C)[C@H]([C@H](OC(=O)c3ccccc3)[C@]3(O)C[C@H](OC(=O)[C@H](OC(C)C)[C@@H](NC(=O)c4ccccc4)c4ccccc4)C(C)=C1C3(C)C)[C@]1(OC(C)=O)CO[C@@H]1C[C@@H]2C. The average molecular weight is 894 g/mol. The van der Waals surface area contributed by atoms with E-state index < -0.39 is 119 Å². The summed E-state index contributed by atoms with van der Waals surface area (Å²) >= 11 is 0. The smallest absolute Gasteiger partial charge is 0.338 e. The average Bonchev–Trinajstić information content (AvgIpc) is 3.26. The number of fused-ring (bicyclic) bond motifs is 5. The Morgan fingerprint density at radius 3 is 1.94 bits per heavy atom. The Bertz CT molecular complexity index is 2350. The van der Waals surface area contributed by atoms with Gasteiger partial charge < -0.3 is 38.8 Å². The second kappa shape index (κ2) is 17.9. The van der Waals surface area contributed by atoms with Gasteiger partial charge in [-0.25, -0.2) is 9.59 Å². The summed E-state index contributed by atoms with van der Waals surface area (Å²) in [5.41, 5.74) is -5.49. The van der Waals surface area contributed by atoms with Crippen molar-refractivity contribution in [2.75, 3.05) is 6.61 Å². The molecule has 1 saturated heterocycles. The van der Waals surface area contributed by atoms with Gasteiger partial charge in [0, 0.05) is 36.7 Å². The van der Waals surface area contributed by atoms with Gasteiger partial charge in [-0.1, -0.05) is 94.4 Å². The van der Waals surface area contributed by atoms with Crippen LogP contribution in [0.2, 0.25) is 0 Å². The van der Waals surface area contributed by atoms with E-state index in [0.29, 0.717) is 16.7 Å². The lowest BCUT2D eigenvalue weighted by molar-refractivity contribution is -0.340. The van der Waals surface area contributed by atoms with Crippen LogP contribution in [0.25, 0.3) is 0 Å². The zero-order valence-electron chi connectivity index (χ0n) is 38.3. The summed E-state index contributed by atoms with van der Waals surface area (Å²) in [6.45, 7) is 14.2. The highest BCUT2D eigenvalue weighted by Crippen LogP contribution is 2.65. The van der Waals surface area contributed by atoms with Gasteiger partial charge in [-0.2, -0.15) is 0 Å². The van der Waals surface area contributed by atoms with E-state index in [-0.39, 0.29) is 24.2 Å². The summed E-state index contributed by atoms with van der Waals surface area (Å²) in [5.74, 6) is -6.11. The van der Waals surface area contributed by atoms with E-state index in [1.807, 2.05) is 6.92 Å². The van der Waals surface area contributed by atoms with Gasteiger partial charge in [0.2, 0.25) is 0 Å². The molecule has 2 bridgehead atoms. The molecule has 0 spiro atoms. The first-order valence-corrected chi connectivity index (χ1v) is 22.2. The molecule has 14 nitrogen and oxygen atoms in total. The number of benzene rings is 3. The summed E-state index contributed by atoms with van der Waals surface area (Å²) < 4.78 is 37.7. The molecule has 0 radical (unpaired) electrons.